The zero-order valence-corrected chi connectivity index (χ0v) is 17.6. The quantitative estimate of drug-likeness (QED) is 0.576. The van der Waals surface area contributed by atoms with Gasteiger partial charge in [0.25, 0.3) is 0 Å². The summed E-state index contributed by atoms with van der Waals surface area (Å²) in [4.78, 5) is 17.8. The minimum Gasteiger partial charge on any atom is -0.494 e. The smallest absolute Gasteiger partial charge is 0.336 e. The van der Waals surface area contributed by atoms with Crippen LogP contribution in [0.4, 0.5) is 4.39 Å². The van der Waals surface area contributed by atoms with Gasteiger partial charge >= 0.3 is 5.97 Å². The minimum absolute atomic E-state index is 0.177. The Morgan fingerprint density at radius 1 is 1.26 bits per heavy atom. The van der Waals surface area contributed by atoms with Crippen molar-refractivity contribution in [2.24, 2.45) is 0 Å². The normalized spacial score (nSPS) is 15.6. The van der Waals surface area contributed by atoms with E-state index in [4.69, 9.17) is 4.74 Å². The zero-order chi connectivity index (χ0) is 22.0. The summed E-state index contributed by atoms with van der Waals surface area (Å²) in [6.07, 6.45) is 4.55. The summed E-state index contributed by atoms with van der Waals surface area (Å²) in [5, 5.41) is 9.40. The maximum Gasteiger partial charge on any atom is 0.336 e. The van der Waals surface area contributed by atoms with Crippen molar-refractivity contribution in [3.05, 3.63) is 82.9 Å². The predicted molar refractivity (Wildman–Crippen MR) is 117 cm³/mol. The van der Waals surface area contributed by atoms with Gasteiger partial charge in [0.1, 0.15) is 11.6 Å². The number of hydrogen-bond acceptors (Lipinski definition) is 4. The highest BCUT2D eigenvalue weighted by Crippen LogP contribution is 2.38. The lowest BCUT2D eigenvalue weighted by atomic mass is 9.94. The Kier molecular flexibility index (Phi) is 6.00. The van der Waals surface area contributed by atoms with Gasteiger partial charge in [-0.2, -0.15) is 0 Å². The number of carbonyl (C=O) groups is 1. The van der Waals surface area contributed by atoms with Gasteiger partial charge in [0.15, 0.2) is 0 Å². The van der Waals surface area contributed by atoms with Crippen LogP contribution < -0.4 is 4.74 Å². The Hall–Kier alpha value is -3.25. The number of aromatic nitrogens is 1. The number of rotatable bonds is 7. The fourth-order valence-corrected chi connectivity index (χ4v) is 4.34. The van der Waals surface area contributed by atoms with Gasteiger partial charge in [-0.25, -0.2) is 9.18 Å². The Bertz CT molecular complexity index is 1120. The molecule has 5 nitrogen and oxygen atoms in total. The molecule has 0 fully saturated rings. The Balaban J connectivity index is 1.55. The molecule has 1 atom stereocenters. The van der Waals surface area contributed by atoms with E-state index in [1.807, 2.05) is 13.0 Å². The first-order chi connectivity index (χ1) is 15.0. The van der Waals surface area contributed by atoms with Crippen LogP contribution in [-0.2, 0) is 13.0 Å². The van der Waals surface area contributed by atoms with Gasteiger partial charge in [-0.05, 0) is 73.3 Å². The molecule has 6 heteroatoms. The van der Waals surface area contributed by atoms with Gasteiger partial charge in [0.05, 0.1) is 12.2 Å². The van der Waals surface area contributed by atoms with Crippen molar-refractivity contribution in [3.63, 3.8) is 0 Å². The van der Waals surface area contributed by atoms with Crippen molar-refractivity contribution in [1.29, 1.82) is 0 Å². The van der Waals surface area contributed by atoms with Crippen LogP contribution in [0.1, 0.15) is 46.4 Å². The molecule has 3 aromatic rings. The molecule has 31 heavy (non-hydrogen) atoms. The van der Waals surface area contributed by atoms with E-state index in [-0.39, 0.29) is 11.9 Å². The summed E-state index contributed by atoms with van der Waals surface area (Å²) in [5.74, 6) is -0.702. The summed E-state index contributed by atoms with van der Waals surface area (Å²) >= 11 is 0. The number of carboxylic acids is 1. The summed E-state index contributed by atoms with van der Waals surface area (Å²) in [6, 6.07) is 12.8. The van der Waals surface area contributed by atoms with Crippen molar-refractivity contribution < 1.29 is 19.0 Å². The summed E-state index contributed by atoms with van der Waals surface area (Å²) in [7, 11) is 2.06. The van der Waals surface area contributed by atoms with Crippen LogP contribution in [0.3, 0.4) is 0 Å². The summed E-state index contributed by atoms with van der Waals surface area (Å²) < 4.78 is 20.0. The van der Waals surface area contributed by atoms with E-state index in [0.717, 1.165) is 24.1 Å². The summed E-state index contributed by atoms with van der Waals surface area (Å²) in [6.45, 7) is 3.14. The molecule has 0 amide bonds. The maximum atomic E-state index is 14.6. The van der Waals surface area contributed by atoms with Crippen LogP contribution in [0.2, 0.25) is 0 Å². The second kappa shape index (κ2) is 8.86. The van der Waals surface area contributed by atoms with Gasteiger partial charge in [0, 0.05) is 36.6 Å². The number of hydrogen-bond donors (Lipinski definition) is 1. The van der Waals surface area contributed by atoms with Crippen LogP contribution >= 0.6 is 0 Å². The molecule has 2 aromatic carbocycles. The van der Waals surface area contributed by atoms with Crippen LogP contribution in [0.15, 0.2) is 54.9 Å². The van der Waals surface area contributed by atoms with Crippen LogP contribution in [-0.4, -0.2) is 34.6 Å². The van der Waals surface area contributed by atoms with E-state index in [2.05, 4.69) is 29.1 Å². The molecule has 1 aromatic heterocycles. The number of benzene rings is 2. The minimum atomic E-state index is -0.931. The van der Waals surface area contributed by atoms with E-state index in [0.29, 0.717) is 29.9 Å². The fourth-order valence-electron chi connectivity index (χ4n) is 4.34. The lowest BCUT2D eigenvalue weighted by molar-refractivity contribution is 0.0695. The van der Waals surface area contributed by atoms with Crippen molar-refractivity contribution in [3.8, 4) is 16.9 Å². The predicted octanol–water partition coefficient (Wildman–Crippen LogP) is 5.10. The maximum absolute atomic E-state index is 14.6. The third-order valence-corrected chi connectivity index (χ3v) is 5.84. The second-order valence-electron chi connectivity index (χ2n) is 7.80. The first kappa shape index (κ1) is 21.0. The third kappa shape index (κ3) is 4.30. The molecule has 2 heterocycles. The molecule has 0 unspecified atom stereocenters. The SMILES string of the molecule is CCOc1ccc(-c2ccc3c(c2)CN(C)[C@H]3CCc2cnccc2C(=O)O)c(F)c1. The molecular weight excluding hydrogens is 395 g/mol. The highest BCUT2D eigenvalue weighted by Gasteiger charge is 2.28. The van der Waals surface area contributed by atoms with Crippen LogP contribution in [0.25, 0.3) is 11.1 Å². The Labute approximate surface area is 181 Å². The van der Waals surface area contributed by atoms with Crippen molar-refractivity contribution in [2.45, 2.75) is 32.4 Å². The topological polar surface area (TPSA) is 62.7 Å². The molecule has 4 rings (SSSR count). The Morgan fingerprint density at radius 3 is 2.84 bits per heavy atom. The number of fused-ring (bicyclic) bond motifs is 1. The molecule has 0 bridgehead atoms. The largest absolute Gasteiger partial charge is 0.494 e. The molecule has 160 valence electrons. The molecule has 0 spiro atoms. The number of aromatic carboxylic acids is 1. The number of halogens is 1. The van der Waals surface area contributed by atoms with E-state index < -0.39 is 5.97 Å². The number of nitrogens with zero attached hydrogens (tertiary/aromatic N) is 2. The van der Waals surface area contributed by atoms with Gasteiger partial charge < -0.3 is 9.84 Å². The average Bonchev–Trinajstić information content (AvgIpc) is 3.06. The highest BCUT2D eigenvalue weighted by atomic mass is 19.1. The van der Waals surface area contributed by atoms with Crippen molar-refractivity contribution in [1.82, 2.24) is 9.88 Å². The molecule has 1 aliphatic heterocycles. The van der Waals surface area contributed by atoms with E-state index in [1.165, 1.54) is 23.4 Å². The number of pyridine rings is 1. The first-order valence-corrected chi connectivity index (χ1v) is 10.4. The number of ether oxygens (including phenoxy) is 1. The lowest BCUT2D eigenvalue weighted by Gasteiger charge is -2.20. The summed E-state index contributed by atoms with van der Waals surface area (Å²) in [5.41, 5.74) is 4.82. The van der Waals surface area contributed by atoms with E-state index in [1.54, 1.807) is 24.4 Å². The van der Waals surface area contributed by atoms with E-state index in [9.17, 15) is 14.3 Å². The molecular formula is C25H25FN2O3. The fraction of sp³-hybridized carbons (Fsp3) is 0.280. The second-order valence-corrected chi connectivity index (χ2v) is 7.80. The standard InChI is InChI=1S/C25H25FN2O3/c1-3-31-19-6-8-20(23(26)13-19)16-4-7-21-18(12-16)15-28(2)24(21)9-5-17-14-27-11-10-22(17)25(29)30/h4,6-8,10-14,24H,3,5,9,15H2,1-2H3,(H,29,30)/t24-/m0/s1. The van der Waals surface area contributed by atoms with Gasteiger partial charge in [-0.15, -0.1) is 0 Å². The lowest BCUT2D eigenvalue weighted by Crippen LogP contribution is -2.17. The average molecular weight is 420 g/mol. The van der Waals surface area contributed by atoms with Gasteiger partial charge in [0.2, 0.25) is 0 Å². The van der Waals surface area contributed by atoms with Gasteiger partial charge in [-0.3, -0.25) is 9.88 Å². The van der Waals surface area contributed by atoms with Crippen LogP contribution in [0, 0.1) is 5.82 Å². The molecule has 0 saturated carbocycles. The molecule has 0 saturated heterocycles. The molecule has 0 aliphatic carbocycles. The number of aryl methyl sites for hydroxylation is 1. The molecule has 0 radical (unpaired) electrons. The van der Waals surface area contributed by atoms with Crippen molar-refractivity contribution in [2.75, 3.05) is 13.7 Å². The molecule has 1 aliphatic rings. The Morgan fingerprint density at radius 2 is 2.10 bits per heavy atom. The zero-order valence-electron chi connectivity index (χ0n) is 17.6. The van der Waals surface area contributed by atoms with E-state index >= 15 is 0 Å². The van der Waals surface area contributed by atoms with Crippen LogP contribution in [0.5, 0.6) is 5.75 Å². The first-order valence-electron chi connectivity index (χ1n) is 10.4. The number of carboxylic acid groups (broad SMARTS) is 1. The monoisotopic (exact) mass is 420 g/mol. The third-order valence-electron chi connectivity index (χ3n) is 5.84. The van der Waals surface area contributed by atoms with Gasteiger partial charge in [-0.1, -0.05) is 12.1 Å². The highest BCUT2D eigenvalue weighted by molar-refractivity contribution is 5.89. The van der Waals surface area contributed by atoms with Crippen molar-refractivity contribution >= 4 is 5.97 Å². The molecule has 1 N–H and O–H groups in total.